The Hall–Kier alpha value is -1.55. The van der Waals surface area contributed by atoms with E-state index >= 15 is 0 Å². The van der Waals surface area contributed by atoms with Crippen LogP contribution in [0.5, 0.6) is 0 Å². The van der Waals surface area contributed by atoms with Gasteiger partial charge >= 0.3 is 0 Å². The number of benzene rings is 1. The van der Waals surface area contributed by atoms with Crippen molar-refractivity contribution in [2.45, 2.75) is 13.0 Å². The molecule has 1 aromatic rings. The zero-order chi connectivity index (χ0) is 12.3. The highest BCUT2D eigenvalue weighted by molar-refractivity contribution is 5.77. The Morgan fingerprint density at radius 3 is 3.12 bits per heavy atom. The van der Waals surface area contributed by atoms with Gasteiger partial charge < -0.3 is 10.6 Å². The summed E-state index contributed by atoms with van der Waals surface area (Å²) in [6, 6.07) is 6.38. The molecule has 1 heterocycles. The standard InChI is InChI=1S/C13H19N3O/c1-14-12(17)9-16(2)8-11-5-3-4-10-6-7-15-13(10)11/h3-5,15H,6-9H2,1-2H3,(H,14,17). The molecule has 0 aromatic heterocycles. The number of amides is 1. The lowest BCUT2D eigenvalue weighted by Gasteiger charge is -2.17. The van der Waals surface area contributed by atoms with Crippen molar-refractivity contribution < 1.29 is 4.79 Å². The maximum atomic E-state index is 11.3. The SMILES string of the molecule is CNC(=O)CN(C)Cc1cccc2c1NCC2. The number of hydrogen-bond acceptors (Lipinski definition) is 3. The van der Waals surface area contributed by atoms with E-state index in [1.165, 1.54) is 16.8 Å². The quantitative estimate of drug-likeness (QED) is 0.809. The van der Waals surface area contributed by atoms with E-state index < -0.39 is 0 Å². The van der Waals surface area contributed by atoms with E-state index in [1.54, 1.807) is 7.05 Å². The molecule has 2 rings (SSSR count). The lowest BCUT2D eigenvalue weighted by molar-refractivity contribution is -0.121. The van der Waals surface area contributed by atoms with Gasteiger partial charge in [-0.15, -0.1) is 0 Å². The number of fused-ring (bicyclic) bond motifs is 1. The summed E-state index contributed by atoms with van der Waals surface area (Å²) in [5.74, 6) is 0.0491. The van der Waals surface area contributed by atoms with Crippen molar-refractivity contribution in [1.29, 1.82) is 0 Å². The van der Waals surface area contributed by atoms with E-state index in [2.05, 4.69) is 28.8 Å². The average Bonchev–Trinajstić information content (AvgIpc) is 2.78. The summed E-state index contributed by atoms with van der Waals surface area (Å²) in [6.45, 7) is 2.25. The fraction of sp³-hybridized carbons (Fsp3) is 0.462. The maximum Gasteiger partial charge on any atom is 0.233 e. The topological polar surface area (TPSA) is 44.4 Å². The van der Waals surface area contributed by atoms with Crippen LogP contribution in [0.3, 0.4) is 0 Å². The van der Waals surface area contributed by atoms with Gasteiger partial charge in [-0.25, -0.2) is 0 Å². The first-order chi connectivity index (χ1) is 8.20. The molecule has 0 spiro atoms. The molecule has 92 valence electrons. The molecule has 2 N–H and O–H groups in total. The van der Waals surface area contributed by atoms with Crippen molar-refractivity contribution in [1.82, 2.24) is 10.2 Å². The molecule has 1 aliphatic rings. The van der Waals surface area contributed by atoms with Crippen LogP contribution in [0.1, 0.15) is 11.1 Å². The molecule has 0 aliphatic carbocycles. The van der Waals surface area contributed by atoms with Crippen LogP contribution >= 0.6 is 0 Å². The van der Waals surface area contributed by atoms with Gasteiger partial charge in [-0.3, -0.25) is 9.69 Å². The summed E-state index contributed by atoms with van der Waals surface area (Å²) < 4.78 is 0. The van der Waals surface area contributed by atoms with Gasteiger partial charge in [0.25, 0.3) is 0 Å². The fourth-order valence-corrected chi connectivity index (χ4v) is 2.21. The van der Waals surface area contributed by atoms with Crippen LogP contribution in [0.25, 0.3) is 0 Å². The Bertz CT molecular complexity index is 417. The van der Waals surface area contributed by atoms with Crippen LogP contribution in [-0.2, 0) is 17.8 Å². The molecular weight excluding hydrogens is 214 g/mol. The molecule has 0 fully saturated rings. The van der Waals surface area contributed by atoms with Crippen LogP contribution in [0.2, 0.25) is 0 Å². The molecule has 0 radical (unpaired) electrons. The highest BCUT2D eigenvalue weighted by Crippen LogP contribution is 2.26. The number of carbonyl (C=O) groups excluding carboxylic acids is 1. The van der Waals surface area contributed by atoms with Gasteiger partial charge in [0.2, 0.25) is 5.91 Å². The first-order valence-corrected chi connectivity index (χ1v) is 5.94. The largest absolute Gasteiger partial charge is 0.384 e. The zero-order valence-electron chi connectivity index (χ0n) is 10.4. The van der Waals surface area contributed by atoms with Crippen molar-refractivity contribution in [2.75, 3.05) is 32.5 Å². The van der Waals surface area contributed by atoms with Crippen molar-refractivity contribution in [3.05, 3.63) is 29.3 Å². The molecule has 4 nitrogen and oxygen atoms in total. The minimum atomic E-state index is 0.0491. The Labute approximate surface area is 102 Å². The molecule has 1 amide bonds. The second-order valence-corrected chi connectivity index (χ2v) is 4.47. The van der Waals surface area contributed by atoms with Crippen LogP contribution in [0.15, 0.2) is 18.2 Å². The number of nitrogens with zero attached hydrogens (tertiary/aromatic N) is 1. The van der Waals surface area contributed by atoms with Gasteiger partial charge in [0.05, 0.1) is 6.54 Å². The highest BCUT2D eigenvalue weighted by atomic mass is 16.1. The molecule has 17 heavy (non-hydrogen) atoms. The molecule has 1 aliphatic heterocycles. The number of carbonyl (C=O) groups is 1. The minimum absolute atomic E-state index is 0.0491. The van der Waals surface area contributed by atoms with Gasteiger partial charge in [-0.05, 0) is 24.6 Å². The Kier molecular flexibility index (Phi) is 3.64. The van der Waals surface area contributed by atoms with E-state index in [4.69, 9.17) is 0 Å². The van der Waals surface area contributed by atoms with Crippen LogP contribution < -0.4 is 10.6 Å². The summed E-state index contributed by atoms with van der Waals surface area (Å²) in [4.78, 5) is 13.3. The van der Waals surface area contributed by atoms with Gasteiger partial charge in [0.15, 0.2) is 0 Å². The maximum absolute atomic E-state index is 11.3. The monoisotopic (exact) mass is 233 g/mol. The molecule has 0 bridgehead atoms. The minimum Gasteiger partial charge on any atom is -0.384 e. The number of nitrogens with one attached hydrogen (secondary N) is 2. The Morgan fingerprint density at radius 1 is 1.53 bits per heavy atom. The lowest BCUT2D eigenvalue weighted by Crippen LogP contribution is -2.32. The first kappa shape index (κ1) is 11.9. The number of anilines is 1. The second-order valence-electron chi connectivity index (χ2n) is 4.47. The Morgan fingerprint density at radius 2 is 2.35 bits per heavy atom. The van der Waals surface area contributed by atoms with Gasteiger partial charge in [-0.1, -0.05) is 18.2 Å². The average molecular weight is 233 g/mol. The third-order valence-corrected chi connectivity index (χ3v) is 3.07. The second kappa shape index (κ2) is 5.19. The van der Waals surface area contributed by atoms with Crippen LogP contribution in [-0.4, -0.2) is 38.0 Å². The summed E-state index contributed by atoms with van der Waals surface area (Å²) >= 11 is 0. The van der Waals surface area contributed by atoms with Crippen LogP contribution in [0, 0.1) is 0 Å². The fourth-order valence-electron chi connectivity index (χ4n) is 2.21. The number of likely N-dealkylation sites (N-methyl/N-ethyl adjacent to an activating group) is 2. The van der Waals surface area contributed by atoms with Crippen molar-refractivity contribution >= 4 is 11.6 Å². The predicted octanol–water partition coefficient (Wildman–Crippen LogP) is 0.832. The van der Waals surface area contributed by atoms with Crippen LogP contribution in [0.4, 0.5) is 5.69 Å². The zero-order valence-corrected chi connectivity index (χ0v) is 10.4. The van der Waals surface area contributed by atoms with E-state index in [-0.39, 0.29) is 5.91 Å². The Balaban J connectivity index is 2.04. The van der Waals surface area contributed by atoms with Crippen molar-refractivity contribution in [2.24, 2.45) is 0 Å². The summed E-state index contributed by atoms with van der Waals surface area (Å²) in [7, 11) is 3.63. The van der Waals surface area contributed by atoms with E-state index in [0.29, 0.717) is 6.54 Å². The lowest BCUT2D eigenvalue weighted by atomic mass is 10.1. The molecule has 4 heteroatoms. The summed E-state index contributed by atoms with van der Waals surface area (Å²) in [5, 5.41) is 6.05. The van der Waals surface area contributed by atoms with Crippen molar-refractivity contribution in [3.8, 4) is 0 Å². The van der Waals surface area contributed by atoms with E-state index in [0.717, 1.165) is 19.5 Å². The molecule has 0 saturated heterocycles. The number of para-hydroxylation sites is 1. The third kappa shape index (κ3) is 2.77. The van der Waals surface area contributed by atoms with Gasteiger partial charge in [0, 0.05) is 25.8 Å². The van der Waals surface area contributed by atoms with Gasteiger partial charge in [-0.2, -0.15) is 0 Å². The smallest absolute Gasteiger partial charge is 0.233 e. The molecule has 1 aromatic carbocycles. The van der Waals surface area contributed by atoms with Gasteiger partial charge in [0.1, 0.15) is 0 Å². The normalized spacial score (nSPS) is 13.4. The first-order valence-electron chi connectivity index (χ1n) is 5.94. The third-order valence-electron chi connectivity index (χ3n) is 3.07. The summed E-state index contributed by atoms with van der Waals surface area (Å²) in [5.41, 5.74) is 3.92. The van der Waals surface area contributed by atoms with Crippen molar-refractivity contribution in [3.63, 3.8) is 0 Å². The van der Waals surface area contributed by atoms with E-state index in [9.17, 15) is 4.79 Å². The molecule has 0 atom stereocenters. The van der Waals surface area contributed by atoms with E-state index in [1.807, 2.05) is 11.9 Å². The number of rotatable bonds is 4. The highest BCUT2D eigenvalue weighted by Gasteiger charge is 2.15. The molecule has 0 saturated carbocycles. The predicted molar refractivity (Wildman–Crippen MR) is 69.0 cm³/mol. The number of hydrogen-bond donors (Lipinski definition) is 2. The molecular formula is C13H19N3O. The molecule has 0 unspecified atom stereocenters. The summed E-state index contributed by atoms with van der Waals surface area (Å²) in [6.07, 6.45) is 1.10.